The molecule has 1 aromatic carbocycles. The van der Waals surface area contributed by atoms with Gasteiger partial charge in [-0.2, -0.15) is 0 Å². The molecule has 0 aliphatic heterocycles. The van der Waals surface area contributed by atoms with E-state index in [0.717, 1.165) is 14.8 Å². The van der Waals surface area contributed by atoms with Crippen molar-refractivity contribution in [2.45, 2.75) is 6.04 Å². The van der Waals surface area contributed by atoms with Gasteiger partial charge >= 0.3 is 0 Å². The highest BCUT2D eigenvalue weighted by molar-refractivity contribution is 7.16. The summed E-state index contributed by atoms with van der Waals surface area (Å²) in [5.41, 5.74) is 0.842. The predicted octanol–water partition coefficient (Wildman–Crippen LogP) is 4.50. The van der Waals surface area contributed by atoms with Gasteiger partial charge in [-0.1, -0.05) is 29.3 Å². The molecule has 1 aromatic heterocycles. The highest BCUT2D eigenvalue weighted by Crippen LogP contribution is 2.34. The third-order valence-electron chi connectivity index (χ3n) is 2.44. The van der Waals surface area contributed by atoms with Crippen molar-refractivity contribution in [1.82, 2.24) is 5.32 Å². The molecule has 1 heterocycles. The van der Waals surface area contributed by atoms with E-state index in [4.69, 9.17) is 23.2 Å². The number of rotatable bonds is 3. The van der Waals surface area contributed by atoms with Crippen LogP contribution in [0.5, 0.6) is 0 Å². The van der Waals surface area contributed by atoms with Crippen molar-refractivity contribution in [3.8, 4) is 0 Å². The maximum atomic E-state index is 13.0. The van der Waals surface area contributed by atoms with Crippen LogP contribution in [0.25, 0.3) is 0 Å². The second-order valence-electron chi connectivity index (χ2n) is 3.53. The van der Waals surface area contributed by atoms with Crippen LogP contribution < -0.4 is 5.32 Å². The van der Waals surface area contributed by atoms with Crippen LogP contribution in [0.3, 0.4) is 0 Å². The molecule has 0 aliphatic rings. The Morgan fingerprint density at radius 3 is 2.53 bits per heavy atom. The minimum absolute atomic E-state index is 0.0689. The van der Waals surface area contributed by atoms with Gasteiger partial charge in [0.25, 0.3) is 0 Å². The maximum absolute atomic E-state index is 13.0. The Hall–Kier alpha value is -0.610. The third kappa shape index (κ3) is 2.80. The summed E-state index contributed by atoms with van der Waals surface area (Å²) < 4.78 is 13.7. The smallest absolute Gasteiger partial charge is 0.124 e. The van der Waals surface area contributed by atoms with Crippen molar-refractivity contribution in [3.63, 3.8) is 0 Å². The monoisotopic (exact) mass is 289 g/mol. The first-order valence-electron chi connectivity index (χ1n) is 4.99. The topological polar surface area (TPSA) is 12.0 Å². The van der Waals surface area contributed by atoms with E-state index in [1.54, 1.807) is 6.07 Å². The average Bonchev–Trinajstić information content (AvgIpc) is 2.69. The summed E-state index contributed by atoms with van der Waals surface area (Å²) in [5, 5.41) is 3.56. The second-order valence-corrected chi connectivity index (χ2v) is 5.68. The fourth-order valence-corrected chi connectivity index (χ4v) is 3.14. The van der Waals surface area contributed by atoms with E-state index >= 15 is 0 Å². The van der Waals surface area contributed by atoms with Crippen LogP contribution in [-0.2, 0) is 0 Å². The van der Waals surface area contributed by atoms with Crippen molar-refractivity contribution < 1.29 is 4.39 Å². The average molecular weight is 290 g/mol. The van der Waals surface area contributed by atoms with Crippen LogP contribution in [0.1, 0.15) is 16.5 Å². The van der Waals surface area contributed by atoms with Crippen LogP contribution in [-0.4, -0.2) is 7.05 Å². The first kappa shape index (κ1) is 12.8. The molecule has 5 heteroatoms. The molecule has 0 amide bonds. The van der Waals surface area contributed by atoms with Gasteiger partial charge in [-0.15, -0.1) is 11.3 Å². The van der Waals surface area contributed by atoms with Crippen molar-refractivity contribution in [3.05, 3.63) is 55.9 Å². The minimum atomic E-state index is -0.335. The number of thiophene rings is 1. The van der Waals surface area contributed by atoms with Gasteiger partial charge < -0.3 is 5.32 Å². The first-order valence-corrected chi connectivity index (χ1v) is 6.56. The van der Waals surface area contributed by atoms with Crippen LogP contribution in [0, 0.1) is 5.82 Å². The second kappa shape index (κ2) is 5.36. The first-order chi connectivity index (χ1) is 8.11. The van der Waals surface area contributed by atoms with Gasteiger partial charge in [-0.25, -0.2) is 4.39 Å². The molecule has 1 N–H and O–H groups in total. The lowest BCUT2D eigenvalue weighted by Crippen LogP contribution is -2.16. The molecule has 0 bridgehead atoms. The maximum Gasteiger partial charge on any atom is 0.124 e. The number of nitrogens with one attached hydrogen (secondary N) is 1. The Bertz CT molecular complexity index is 527. The lowest BCUT2D eigenvalue weighted by Gasteiger charge is -2.16. The quantitative estimate of drug-likeness (QED) is 0.877. The fraction of sp³-hybridized carbons (Fsp3) is 0.167. The summed E-state index contributed by atoms with van der Waals surface area (Å²) in [6.07, 6.45) is 0. The van der Waals surface area contributed by atoms with E-state index < -0.39 is 0 Å². The zero-order chi connectivity index (χ0) is 12.4. The SMILES string of the molecule is CNC(c1ccc(Cl)s1)c1ccc(F)cc1Cl. The molecule has 2 aromatic rings. The van der Waals surface area contributed by atoms with E-state index in [0.29, 0.717) is 5.02 Å². The Balaban J connectivity index is 2.42. The lowest BCUT2D eigenvalue weighted by atomic mass is 10.1. The summed E-state index contributed by atoms with van der Waals surface area (Å²) in [6, 6.07) is 8.11. The van der Waals surface area contributed by atoms with Crippen LogP contribution >= 0.6 is 34.5 Å². The Morgan fingerprint density at radius 2 is 2.00 bits per heavy atom. The molecule has 2 rings (SSSR count). The molecule has 0 saturated carbocycles. The number of hydrogen-bond donors (Lipinski definition) is 1. The van der Waals surface area contributed by atoms with Gasteiger partial charge in [0.15, 0.2) is 0 Å². The Kier molecular flexibility index (Phi) is 4.05. The van der Waals surface area contributed by atoms with Crippen LogP contribution in [0.4, 0.5) is 4.39 Å². The molecule has 0 aliphatic carbocycles. The molecular weight excluding hydrogens is 280 g/mol. The normalized spacial score (nSPS) is 12.7. The van der Waals surface area contributed by atoms with Gasteiger partial charge in [0.2, 0.25) is 0 Å². The molecular formula is C12H10Cl2FNS. The molecule has 0 radical (unpaired) electrons. The molecule has 90 valence electrons. The molecule has 1 unspecified atom stereocenters. The van der Waals surface area contributed by atoms with E-state index in [1.165, 1.54) is 23.5 Å². The zero-order valence-electron chi connectivity index (χ0n) is 9.01. The van der Waals surface area contributed by atoms with E-state index in [9.17, 15) is 4.39 Å². The summed E-state index contributed by atoms with van der Waals surface area (Å²) >= 11 is 13.4. The predicted molar refractivity (Wildman–Crippen MR) is 71.6 cm³/mol. The molecule has 0 spiro atoms. The highest BCUT2D eigenvalue weighted by Gasteiger charge is 2.17. The Morgan fingerprint density at radius 1 is 1.24 bits per heavy atom. The van der Waals surface area contributed by atoms with Crippen molar-refractivity contribution in [1.29, 1.82) is 0 Å². The summed E-state index contributed by atoms with van der Waals surface area (Å²) in [4.78, 5) is 1.05. The van der Waals surface area contributed by atoms with Crippen molar-refractivity contribution in [2.24, 2.45) is 0 Å². The molecule has 1 atom stereocenters. The number of hydrogen-bond acceptors (Lipinski definition) is 2. The minimum Gasteiger partial charge on any atom is -0.309 e. The van der Waals surface area contributed by atoms with Gasteiger partial charge in [-0.05, 0) is 36.9 Å². The Labute approximate surface area is 113 Å². The van der Waals surface area contributed by atoms with Gasteiger partial charge in [-0.3, -0.25) is 0 Å². The van der Waals surface area contributed by atoms with Crippen LogP contribution in [0.2, 0.25) is 9.36 Å². The molecule has 0 saturated heterocycles. The van der Waals surface area contributed by atoms with Gasteiger partial charge in [0.1, 0.15) is 5.82 Å². The number of benzene rings is 1. The fourth-order valence-electron chi connectivity index (χ4n) is 1.67. The summed E-state index contributed by atoms with van der Waals surface area (Å²) in [5.74, 6) is -0.335. The van der Waals surface area contributed by atoms with Crippen molar-refractivity contribution >= 4 is 34.5 Å². The lowest BCUT2D eigenvalue weighted by molar-refractivity contribution is 0.624. The summed E-state index contributed by atoms with van der Waals surface area (Å²) in [6.45, 7) is 0. The van der Waals surface area contributed by atoms with Gasteiger partial charge in [0, 0.05) is 9.90 Å². The van der Waals surface area contributed by atoms with Crippen LogP contribution in [0.15, 0.2) is 30.3 Å². The largest absolute Gasteiger partial charge is 0.309 e. The van der Waals surface area contributed by atoms with E-state index in [1.807, 2.05) is 19.2 Å². The highest BCUT2D eigenvalue weighted by atomic mass is 35.5. The molecule has 0 fully saturated rings. The zero-order valence-corrected chi connectivity index (χ0v) is 11.3. The van der Waals surface area contributed by atoms with Crippen molar-refractivity contribution in [2.75, 3.05) is 7.05 Å². The number of halogens is 3. The van der Waals surface area contributed by atoms with E-state index in [-0.39, 0.29) is 11.9 Å². The van der Waals surface area contributed by atoms with Gasteiger partial charge in [0.05, 0.1) is 10.4 Å². The standard InChI is InChI=1S/C12H10Cl2FNS/c1-16-12(10-4-5-11(14)17-10)8-3-2-7(15)6-9(8)13/h2-6,12,16H,1H3. The molecule has 17 heavy (non-hydrogen) atoms. The third-order valence-corrected chi connectivity index (χ3v) is 4.06. The summed E-state index contributed by atoms with van der Waals surface area (Å²) in [7, 11) is 1.83. The van der Waals surface area contributed by atoms with E-state index in [2.05, 4.69) is 5.32 Å². The molecule has 1 nitrogen and oxygen atoms in total.